The van der Waals surface area contributed by atoms with Gasteiger partial charge < -0.3 is 15.4 Å². The standard InChI is InChI=1S/C21H24F3N3O2/c22-21(23,24)16-5-3-6-17(15-16)26-19-8-2-1-7-18(19)20(28)25-9-4-10-27-11-13-29-14-12-27/h1-3,5-8,15,26H,4,9-14H2,(H,25,28). The third-order valence-corrected chi connectivity index (χ3v) is 4.68. The maximum atomic E-state index is 12.9. The monoisotopic (exact) mass is 407 g/mol. The van der Waals surface area contributed by atoms with Gasteiger partial charge in [0, 0.05) is 25.3 Å². The number of ether oxygens (including phenoxy) is 1. The van der Waals surface area contributed by atoms with E-state index in [0.29, 0.717) is 17.8 Å². The van der Waals surface area contributed by atoms with Crippen molar-refractivity contribution < 1.29 is 22.7 Å². The van der Waals surface area contributed by atoms with Gasteiger partial charge in [-0.25, -0.2) is 0 Å². The van der Waals surface area contributed by atoms with Crippen molar-refractivity contribution in [1.29, 1.82) is 0 Å². The fraction of sp³-hybridized carbons (Fsp3) is 0.381. The Bertz CT molecular complexity index is 821. The Hall–Kier alpha value is -2.58. The van der Waals surface area contributed by atoms with Crippen LogP contribution in [0.15, 0.2) is 48.5 Å². The highest BCUT2D eigenvalue weighted by Gasteiger charge is 2.30. The predicted molar refractivity (Wildman–Crippen MR) is 105 cm³/mol. The van der Waals surface area contributed by atoms with Gasteiger partial charge >= 0.3 is 6.18 Å². The van der Waals surface area contributed by atoms with Crippen LogP contribution < -0.4 is 10.6 Å². The largest absolute Gasteiger partial charge is 0.416 e. The molecular formula is C21H24F3N3O2. The van der Waals surface area contributed by atoms with Gasteiger partial charge in [-0.05, 0) is 43.3 Å². The summed E-state index contributed by atoms with van der Waals surface area (Å²) in [6.45, 7) is 4.68. The van der Waals surface area contributed by atoms with E-state index in [1.54, 1.807) is 24.3 Å². The van der Waals surface area contributed by atoms with E-state index >= 15 is 0 Å². The zero-order chi connectivity index (χ0) is 20.7. The molecule has 156 valence electrons. The van der Waals surface area contributed by atoms with Crippen LogP contribution in [0.25, 0.3) is 0 Å². The summed E-state index contributed by atoms with van der Waals surface area (Å²) in [6, 6.07) is 11.7. The van der Waals surface area contributed by atoms with Gasteiger partial charge in [0.25, 0.3) is 5.91 Å². The summed E-state index contributed by atoms with van der Waals surface area (Å²) < 4.78 is 44.1. The number of halogens is 3. The molecule has 0 aromatic heterocycles. The minimum absolute atomic E-state index is 0.262. The molecule has 0 saturated carbocycles. The van der Waals surface area contributed by atoms with E-state index in [0.717, 1.165) is 51.4 Å². The van der Waals surface area contributed by atoms with E-state index in [9.17, 15) is 18.0 Å². The number of amides is 1. The quantitative estimate of drug-likeness (QED) is 0.684. The van der Waals surface area contributed by atoms with Gasteiger partial charge in [0.05, 0.1) is 30.0 Å². The molecule has 1 aliphatic heterocycles. The van der Waals surface area contributed by atoms with Crippen molar-refractivity contribution in [2.45, 2.75) is 12.6 Å². The van der Waals surface area contributed by atoms with Crippen LogP contribution in [0.5, 0.6) is 0 Å². The second-order valence-corrected chi connectivity index (χ2v) is 6.81. The van der Waals surface area contributed by atoms with Gasteiger partial charge in [-0.3, -0.25) is 9.69 Å². The molecule has 0 spiro atoms. The Kier molecular flexibility index (Phi) is 7.11. The average molecular weight is 407 g/mol. The van der Waals surface area contributed by atoms with Crippen LogP contribution in [0, 0.1) is 0 Å². The molecule has 1 amide bonds. The van der Waals surface area contributed by atoms with E-state index in [2.05, 4.69) is 15.5 Å². The van der Waals surface area contributed by atoms with Gasteiger partial charge in [0.15, 0.2) is 0 Å². The maximum Gasteiger partial charge on any atom is 0.416 e. The predicted octanol–water partition coefficient (Wildman–Crippen LogP) is 3.90. The minimum Gasteiger partial charge on any atom is -0.379 e. The van der Waals surface area contributed by atoms with Crippen molar-refractivity contribution >= 4 is 17.3 Å². The van der Waals surface area contributed by atoms with Crippen molar-refractivity contribution in [3.8, 4) is 0 Å². The van der Waals surface area contributed by atoms with Gasteiger partial charge in [-0.15, -0.1) is 0 Å². The topological polar surface area (TPSA) is 53.6 Å². The number of carbonyl (C=O) groups excluding carboxylic acids is 1. The minimum atomic E-state index is -4.42. The molecule has 0 unspecified atom stereocenters. The number of anilines is 2. The average Bonchev–Trinajstić information content (AvgIpc) is 2.72. The molecule has 0 aliphatic carbocycles. The van der Waals surface area contributed by atoms with Crippen molar-refractivity contribution in [3.05, 3.63) is 59.7 Å². The zero-order valence-electron chi connectivity index (χ0n) is 16.0. The molecular weight excluding hydrogens is 383 g/mol. The molecule has 1 heterocycles. The number of morpholine rings is 1. The first-order valence-electron chi connectivity index (χ1n) is 9.55. The summed E-state index contributed by atoms with van der Waals surface area (Å²) in [7, 11) is 0. The first-order valence-corrected chi connectivity index (χ1v) is 9.55. The Morgan fingerprint density at radius 2 is 1.83 bits per heavy atom. The summed E-state index contributed by atoms with van der Waals surface area (Å²) in [5, 5.41) is 5.81. The van der Waals surface area contributed by atoms with Gasteiger partial charge in [-0.2, -0.15) is 13.2 Å². The molecule has 0 atom stereocenters. The molecule has 0 bridgehead atoms. The number of carbonyl (C=O) groups is 1. The smallest absolute Gasteiger partial charge is 0.379 e. The molecule has 2 aromatic carbocycles. The Labute approximate surface area is 167 Å². The second kappa shape index (κ2) is 9.76. The van der Waals surface area contributed by atoms with Gasteiger partial charge in [0.1, 0.15) is 0 Å². The summed E-state index contributed by atoms with van der Waals surface area (Å²) in [6.07, 6.45) is -3.61. The number of nitrogens with one attached hydrogen (secondary N) is 2. The highest BCUT2D eigenvalue weighted by Crippen LogP contribution is 2.31. The van der Waals surface area contributed by atoms with Crippen LogP contribution in [-0.2, 0) is 10.9 Å². The van der Waals surface area contributed by atoms with Crippen molar-refractivity contribution in [1.82, 2.24) is 10.2 Å². The van der Waals surface area contributed by atoms with Gasteiger partial charge in [-0.1, -0.05) is 18.2 Å². The van der Waals surface area contributed by atoms with Crippen molar-refractivity contribution in [2.24, 2.45) is 0 Å². The van der Waals surface area contributed by atoms with Crippen LogP contribution in [0.3, 0.4) is 0 Å². The summed E-state index contributed by atoms with van der Waals surface area (Å²) >= 11 is 0. The molecule has 5 nitrogen and oxygen atoms in total. The lowest BCUT2D eigenvalue weighted by molar-refractivity contribution is -0.137. The number of alkyl halides is 3. The van der Waals surface area contributed by atoms with Crippen LogP contribution >= 0.6 is 0 Å². The maximum absolute atomic E-state index is 12.9. The molecule has 1 fully saturated rings. The molecule has 29 heavy (non-hydrogen) atoms. The molecule has 1 aliphatic rings. The molecule has 1 saturated heterocycles. The molecule has 3 rings (SSSR count). The summed E-state index contributed by atoms with van der Waals surface area (Å²) in [5.74, 6) is -0.262. The van der Waals surface area contributed by atoms with E-state index in [4.69, 9.17) is 4.74 Å². The molecule has 8 heteroatoms. The van der Waals surface area contributed by atoms with Crippen LogP contribution in [0.1, 0.15) is 22.3 Å². The zero-order valence-corrected chi connectivity index (χ0v) is 16.0. The lowest BCUT2D eigenvalue weighted by atomic mass is 10.1. The van der Waals surface area contributed by atoms with Crippen molar-refractivity contribution in [3.63, 3.8) is 0 Å². The van der Waals surface area contributed by atoms with Crippen LogP contribution in [0.2, 0.25) is 0 Å². The Morgan fingerprint density at radius 3 is 2.59 bits per heavy atom. The number of rotatable bonds is 7. The van der Waals surface area contributed by atoms with E-state index in [-0.39, 0.29) is 11.6 Å². The lowest BCUT2D eigenvalue weighted by Gasteiger charge is -2.26. The Balaban J connectivity index is 1.59. The summed E-state index contributed by atoms with van der Waals surface area (Å²) in [4.78, 5) is 14.9. The molecule has 2 N–H and O–H groups in total. The number of nitrogens with zero attached hydrogens (tertiary/aromatic N) is 1. The fourth-order valence-electron chi connectivity index (χ4n) is 3.14. The number of hydrogen-bond donors (Lipinski definition) is 2. The fourth-order valence-corrected chi connectivity index (χ4v) is 3.14. The van der Waals surface area contributed by atoms with E-state index in [1.807, 2.05) is 0 Å². The highest BCUT2D eigenvalue weighted by atomic mass is 19.4. The number of benzene rings is 2. The van der Waals surface area contributed by atoms with Crippen LogP contribution in [0.4, 0.5) is 24.5 Å². The Morgan fingerprint density at radius 1 is 1.07 bits per heavy atom. The highest BCUT2D eigenvalue weighted by molar-refractivity contribution is 6.00. The number of hydrogen-bond acceptors (Lipinski definition) is 4. The normalized spacial score (nSPS) is 15.1. The van der Waals surface area contributed by atoms with Crippen LogP contribution in [-0.4, -0.2) is 50.2 Å². The first kappa shape index (κ1) is 21.1. The SMILES string of the molecule is O=C(NCCCN1CCOCC1)c1ccccc1Nc1cccc(C(F)(F)F)c1. The third kappa shape index (κ3) is 6.20. The van der Waals surface area contributed by atoms with Crippen molar-refractivity contribution in [2.75, 3.05) is 44.7 Å². The van der Waals surface area contributed by atoms with Gasteiger partial charge in [0.2, 0.25) is 0 Å². The molecule has 0 radical (unpaired) electrons. The first-order chi connectivity index (χ1) is 13.9. The third-order valence-electron chi connectivity index (χ3n) is 4.68. The second-order valence-electron chi connectivity index (χ2n) is 6.81. The number of para-hydroxylation sites is 1. The molecule has 2 aromatic rings. The summed E-state index contributed by atoms with van der Waals surface area (Å²) in [5.41, 5.74) is 0.369. The lowest BCUT2D eigenvalue weighted by Crippen LogP contribution is -2.38. The van der Waals surface area contributed by atoms with E-state index < -0.39 is 11.7 Å². The van der Waals surface area contributed by atoms with E-state index in [1.165, 1.54) is 12.1 Å².